The van der Waals surface area contributed by atoms with E-state index in [1.165, 1.54) is 0 Å². The normalized spacial score (nSPS) is 16.9. The van der Waals surface area contributed by atoms with Crippen molar-refractivity contribution in [1.82, 2.24) is 20.0 Å². The van der Waals surface area contributed by atoms with E-state index in [1.54, 1.807) is 4.68 Å². The number of likely N-dealkylation sites (tertiary alicyclic amines) is 1. The minimum atomic E-state index is 0.0746. The van der Waals surface area contributed by atoms with Crippen molar-refractivity contribution in [2.24, 2.45) is 13.0 Å². The quantitative estimate of drug-likeness (QED) is 0.888. The van der Waals surface area contributed by atoms with Crippen LogP contribution >= 0.6 is 0 Å². The summed E-state index contributed by atoms with van der Waals surface area (Å²) in [6.07, 6.45) is 2.18. The highest BCUT2D eigenvalue weighted by Gasteiger charge is 2.24. The number of carbonyl (C=O) groups excluding carboxylic acids is 1. The van der Waals surface area contributed by atoms with E-state index in [0.717, 1.165) is 44.7 Å². The number of rotatable bonds is 4. The molecule has 0 aromatic carbocycles. The molecule has 5 nitrogen and oxygen atoms in total. The smallest absolute Gasteiger partial charge is 0.274 e. The van der Waals surface area contributed by atoms with Gasteiger partial charge in [-0.15, -0.1) is 0 Å². The maximum absolute atomic E-state index is 12.3. The van der Waals surface area contributed by atoms with Gasteiger partial charge in [0.1, 0.15) is 0 Å². The summed E-state index contributed by atoms with van der Waals surface area (Å²) in [5, 5.41) is 7.65. The van der Waals surface area contributed by atoms with E-state index >= 15 is 0 Å². The van der Waals surface area contributed by atoms with Crippen LogP contribution < -0.4 is 5.32 Å². The summed E-state index contributed by atoms with van der Waals surface area (Å²) in [5.74, 6) is 0.778. The molecule has 2 rings (SSSR count). The second-order valence-corrected chi connectivity index (χ2v) is 5.34. The number of hydrogen-bond donors (Lipinski definition) is 1. The van der Waals surface area contributed by atoms with Gasteiger partial charge in [-0.2, -0.15) is 5.10 Å². The largest absolute Gasteiger partial charge is 0.337 e. The molecule has 0 bridgehead atoms. The lowest BCUT2D eigenvalue weighted by molar-refractivity contribution is 0.0683. The molecule has 1 amide bonds. The Morgan fingerprint density at radius 2 is 2.16 bits per heavy atom. The molecule has 5 heteroatoms. The Balaban J connectivity index is 1.89. The molecule has 2 heterocycles. The monoisotopic (exact) mass is 264 g/mol. The van der Waals surface area contributed by atoms with Gasteiger partial charge >= 0.3 is 0 Å². The van der Waals surface area contributed by atoms with Gasteiger partial charge < -0.3 is 10.2 Å². The molecule has 1 fully saturated rings. The average Bonchev–Trinajstić information content (AvgIpc) is 2.76. The van der Waals surface area contributed by atoms with E-state index in [9.17, 15) is 4.79 Å². The van der Waals surface area contributed by atoms with Gasteiger partial charge in [0.05, 0.1) is 0 Å². The van der Waals surface area contributed by atoms with Crippen LogP contribution in [0.4, 0.5) is 0 Å². The molecule has 0 aliphatic carbocycles. The maximum atomic E-state index is 12.3. The molecule has 0 spiro atoms. The molecule has 106 valence electrons. The first kappa shape index (κ1) is 14.1. The van der Waals surface area contributed by atoms with E-state index in [0.29, 0.717) is 11.6 Å². The number of carbonyl (C=O) groups is 1. The highest BCUT2D eigenvalue weighted by molar-refractivity contribution is 5.92. The topological polar surface area (TPSA) is 50.2 Å². The molecule has 1 aromatic rings. The van der Waals surface area contributed by atoms with E-state index in [2.05, 4.69) is 17.3 Å². The zero-order valence-electron chi connectivity index (χ0n) is 12.1. The predicted molar refractivity (Wildman–Crippen MR) is 75.1 cm³/mol. The summed E-state index contributed by atoms with van der Waals surface area (Å²) >= 11 is 0. The van der Waals surface area contributed by atoms with Crippen molar-refractivity contribution in [3.05, 3.63) is 17.5 Å². The first-order valence-corrected chi connectivity index (χ1v) is 7.12. The maximum Gasteiger partial charge on any atom is 0.274 e. The SMILES string of the molecule is CCNCC1CCN(C(=O)c2cc(C)n(C)n2)CC1. The summed E-state index contributed by atoms with van der Waals surface area (Å²) in [6, 6.07) is 1.87. The Morgan fingerprint density at radius 1 is 1.47 bits per heavy atom. The highest BCUT2D eigenvalue weighted by atomic mass is 16.2. The molecule has 1 aliphatic rings. The number of aryl methyl sites for hydroxylation is 2. The summed E-state index contributed by atoms with van der Waals surface area (Å²) in [5.41, 5.74) is 1.59. The van der Waals surface area contributed by atoms with Gasteiger partial charge in [0, 0.05) is 25.8 Å². The number of nitrogens with one attached hydrogen (secondary N) is 1. The molecule has 0 unspecified atom stereocenters. The number of aromatic nitrogens is 2. The average molecular weight is 264 g/mol. The lowest BCUT2D eigenvalue weighted by Crippen LogP contribution is -2.41. The van der Waals surface area contributed by atoms with Gasteiger partial charge in [0.15, 0.2) is 5.69 Å². The number of amides is 1. The van der Waals surface area contributed by atoms with Gasteiger partial charge in [0.25, 0.3) is 5.91 Å². The van der Waals surface area contributed by atoms with Gasteiger partial charge in [0.2, 0.25) is 0 Å². The molecule has 19 heavy (non-hydrogen) atoms. The molecule has 1 aliphatic heterocycles. The predicted octanol–water partition coefficient (Wildman–Crippen LogP) is 1.19. The van der Waals surface area contributed by atoms with Crippen molar-refractivity contribution in [2.45, 2.75) is 26.7 Å². The minimum absolute atomic E-state index is 0.0746. The summed E-state index contributed by atoms with van der Waals surface area (Å²) in [6.45, 7) is 7.89. The molecule has 0 radical (unpaired) electrons. The Labute approximate surface area is 115 Å². The van der Waals surface area contributed by atoms with Crippen LogP contribution in [0.3, 0.4) is 0 Å². The Hall–Kier alpha value is -1.36. The van der Waals surface area contributed by atoms with Crippen LogP contribution in [0.25, 0.3) is 0 Å². The van der Waals surface area contributed by atoms with Crippen molar-refractivity contribution < 1.29 is 4.79 Å². The van der Waals surface area contributed by atoms with Crippen molar-refractivity contribution in [1.29, 1.82) is 0 Å². The fourth-order valence-electron chi connectivity index (χ4n) is 2.52. The first-order chi connectivity index (χ1) is 9.11. The molecule has 0 atom stereocenters. The fourth-order valence-corrected chi connectivity index (χ4v) is 2.52. The number of piperidine rings is 1. The summed E-state index contributed by atoms with van der Waals surface area (Å²) in [4.78, 5) is 14.3. The van der Waals surface area contributed by atoms with Crippen LogP contribution in [-0.4, -0.2) is 46.8 Å². The van der Waals surface area contributed by atoms with E-state index in [4.69, 9.17) is 0 Å². The van der Waals surface area contributed by atoms with Crippen molar-refractivity contribution in [3.63, 3.8) is 0 Å². The molecule has 1 aromatic heterocycles. The van der Waals surface area contributed by atoms with E-state index < -0.39 is 0 Å². The zero-order chi connectivity index (χ0) is 13.8. The third-order valence-electron chi connectivity index (χ3n) is 3.92. The molecular weight excluding hydrogens is 240 g/mol. The second kappa shape index (κ2) is 6.19. The van der Waals surface area contributed by atoms with Crippen LogP contribution in [0, 0.1) is 12.8 Å². The van der Waals surface area contributed by atoms with E-state index in [1.807, 2.05) is 24.9 Å². The Bertz CT molecular complexity index is 413. The van der Waals surface area contributed by atoms with Crippen LogP contribution in [0.15, 0.2) is 6.07 Å². The lowest BCUT2D eigenvalue weighted by Gasteiger charge is -2.31. The fraction of sp³-hybridized carbons (Fsp3) is 0.714. The third-order valence-corrected chi connectivity index (χ3v) is 3.92. The second-order valence-electron chi connectivity index (χ2n) is 5.34. The minimum Gasteiger partial charge on any atom is -0.337 e. The van der Waals surface area contributed by atoms with E-state index in [-0.39, 0.29) is 5.91 Å². The number of nitrogens with zero attached hydrogens (tertiary/aromatic N) is 3. The molecular formula is C14H24N4O. The summed E-state index contributed by atoms with van der Waals surface area (Å²) < 4.78 is 1.76. The van der Waals surface area contributed by atoms with Gasteiger partial charge in [-0.3, -0.25) is 9.48 Å². The molecule has 1 saturated heterocycles. The van der Waals surface area contributed by atoms with Crippen LogP contribution in [-0.2, 0) is 7.05 Å². The van der Waals surface area contributed by atoms with Gasteiger partial charge in [-0.1, -0.05) is 6.92 Å². The molecule has 1 N–H and O–H groups in total. The first-order valence-electron chi connectivity index (χ1n) is 7.12. The standard InChI is InChI=1S/C14H24N4O/c1-4-15-10-12-5-7-18(8-6-12)14(19)13-9-11(2)17(3)16-13/h9,12,15H,4-8,10H2,1-3H3. The van der Waals surface area contributed by atoms with Crippen LogP contribution in [0.5, 0.6) is 0 Å². The van der Waals surface area contributed by atoms with Gasteiger partial charge in [-0.05, 0) is 44.8 Å². The van der Waals surface area contributed by atoms with Crippen molar-refractivity contribution in [2.75, 3.05) is 26.2 Å². The number of hydrogen-bond acceptors (Lipinski definition) is 3. The van der Waals surface area contributed by atoms with Crippen LogP contribution in [0.2, 0.25) is 0 Å². The van der Waals surface area contributed by atoms with Crippen molar-refractivity contribution >= 4 is 5.91 Å². The Kier molecular flexibility index (Phi) is 4.58. The third kappa shape index (κ3) is 3.35. The zero-order valence-corrected chi connectivity index (χ0v) is 12.1. The van der Waals surface area contributed by atoms with Gasteiger partial charge in [-0.25, -0.2) is 0 Å². The lowest BCUT2D eigenvalue weighted by atomic mass is 9.96. The Morgan fingerprint density at radius 3 is 2.68 bits per heavy atom. The van der Waals surface area contributed by atoms with Crippen molar-refractivity contribution in [3.8, 4) is 0 Å². The molecule has 0 saturated carbocycles. The van der Waals surface area contributed by atoms with Crippen LogP contribution in [0.1, 0.15) is 35.9 Å². The summed E-state index contributed by atoms with van der Waals surface area (Å²) in [7, 11) is 1.87. The highest BCUT2D eigenvalue weighted by Crippen LogP contribution is 2.18.